The van der Waals surface area contributed by atoms with E-state index in [4.69, 9.17) is 9.78 Å². The number of likely N-dealkylation sites (tertiary alicyclic amines) is 1. The Hall–Kier alpha value is -1.86. The maximum Gasteiger partial charge on any atom is 0.167 e. The van der Waals surface area contributed by atoms with E-state index in [1.807, 2.05) is 18.2 Å². The van der Waals surface area contributed by atoms with Crippen molar-refractivity contribution >= 4 is 11.0 Å². The second-order valence-electron chi connectivity index (χ2n) is 4.77. The lowest BCUT2D eigenvalue weighted by atomic mass is 9.92. The molecule has 0 aliphatic carbocycles. The zero-order chi connectivity index (χ0) is 12.4. The van der Waals surface area contributed by atoms with Gasteiger partial charge in [0.15, 0.2) is 5.58 Å². The van der Waals surface area contributed by atoms with Gasteiger partial charge in [0.05, 0.1) is 18.3 Å². The molecule has 0 atom stereocenters. The van der Waals surface area contributed by atoms with Gasteiger partial charge in [-0.15, -0.1) is 0 Å². The van der Waals surface area contributed by atoms with E-state index in [2.05, 4.69) is 22.2 Å². The van der Waals surface area contributed by atoms with Gasteiger partial charge in [-0.3, -0.25) is 4.90 Å². The summed E-state index contributed by atoms with van der Waals surface area (Å²) >= 11 is 0. The summed E-state index contributed by atoms with van der Waals surface area (Å²) < 4.78 is 5.36. The van der Waals surface area contributed by atoms with E-state index in [9.17, 15) is 0 Å². The molecule has 0 bridgehead atoms. The zero-order valence-corrected chi connectivity index (χ0v) is 10.2. The molecule has 1 aliphatic heterocycles. The molecule has 0 radical (unpaired) electrons. The lowest BCUT2D eigenvalue weighted by Gasteiger charge is -2.29. The van der Waals surface area contributed by atoms with E-state index in [0.717, 1.165) is 42.6 Å². The number of hydrogen-bond acceptors (Lipinski definition) is 4. The van der Waals surface area contributed by atoms with Crippen LogP contribution >= 0.6 is 0 Å². The van der Waals surface area contributed by atoms with Crippen LogP contribution < -0.4 is 0 Å². The molecule has 4 heteroatoms. The summed E-state index contributed by atoms with van der Waals surface area (Å²) in [4.78, 5) is 2.19. The van der Waals surface area contributed by atoms with E-state index in [1.165, 1.54) is 0 Å². The lowest BCUT2D eigenvalue weighted by molar-refractivity contribution is 0.231. The molecule has 1 aromatic heterocycles. The summed E-state index contributed by atoms with van der Waals surface area (Å²) in [6.45, 7) is 2.48. The fraction of sp³-hybridized carbons (Fsp3) is 0.429. The van der Waals surface area contributed by atoms with Crippen LogP contribution in [0.5, 0.6) is 0 Å². The standard InChI is InChI=1S/C14H15N3O/c15-7-10-17-8-5-11(6-9-17)14-12-3-1-2-4-13(12)18-16-14/h1-4,11H,5-6,8-10H2. The highest BCUT2D eigenvalue weighted by molar-refractivity contribution is 5.79. The summed E-state index contributed by atoms with van der Waals surface area (Å²) in [5.74, 6) is 0.462. The Morgan fingerprint density at radius 3 is 2.89 bits per heavy atom. The average molecular weight is 241 g/mol. The number of rotatable bonds is 2. The molecule has 0 saturated carbocycles. The second-order valence-corrected chi connectivity index (χ2v) is 4.77. The molecule has 3 rings (SSSR count). The lowest BCUT2D eigenvalue weighted by Crippen LogP contribution is -2.33. The number of piperidine rings is 1. The summed E-state index contributed by atoms with van der Waals surface area (Å²) in [5, 5.41) is 14.1. The van der Waals surface area contributed by atoms with Gasteiger partial charge < -0.3 is 4.52 Å². The second kappa shape index (κ2) is 4.79. The van der Waals surface area contributed by atoms with Crippen LogP contribution in [0, 0.1) is 11.3 Å². The van der Waals surface area contributed by atoms with Crippen molar-refractivity contribution in [3.8, 4) is 6.07 Å². The molecule has 0 spiro atoms. The van der Waals surface area contributed by atoms with Crippen molar-refractivity contribution in [1.82, 2.24) is 10.1 Å². The number of hydrogen-bond donors (Lipinski definition) is 0. The summed E-state index contributed by atoms with van der Waals surface area (Å²) in [6.07, 6.45) is 2.11. The predicted molar refractivity (Wildman–Crippen MR) is 68.0 cm³/mol. The maximum absolute atomic E-state index is 8.69. The Kier molecular flexibility index (Phi) is 2.99. The van der Waals surface area contributed by atoms with Gasteiger partial charge in [-0.2, -0.15) is 5.26 Å². The van der Waals surface area contributed by atoms with Crippen molar-refractivity contribution in [2.24, 2.45) is 0 Å². The summed E-state index contributed by atoms with van der Waals surface area (Å²) in [7, 11) is 0. The van der Waals surface area contributed by atoms with Crippen LogP contribution in [0.3, 0.4) is 0 Å². The van der Waals surface area contributed by atoms with Gasteiger partial charge in [0.1, 0.15) is 0 Å². The number of benzene rings is 1. The molecule has 0 unspecified atom stereocenters. The predicted octanol–water partition coefficient (Wildman–Crippen LogP) is 2.53. The van der Waals surface area contributed by atoms with Gasteiger partial charge in [0.25, 0.3) is 0 Å². The van der Waals surface area contributed by atoms with E-state index in [0.29, 0.717) is 12.5 Å². The first-order valence-corrected chi connectivity index (χ1v) is 6.32. The Balaban J connectivity index is 1.79. The topological polar surface area (TPSA) is 53.1 Å². The minimum absolute atomic E-state index is 0.462. The highest BCUT2D eigenvalue weighted by atomic mass is 16.5. The first-order chi connectivity index (χ1) is 8.88. The van der Waals surface area contributed by atoms with Crippen LogP contribution in [-0.2, 0) is 0 Å². The third-order valence-electron chi connectivity index (χ3n) is 3.67. The quantitative estimate of drug-likeness (QED) is 0.758. The van der Waals surface area contributed by atoms with Crippen molar-refractivity contribution in [3.05, 3.63) is 30.0 Å². The first kappa shape index (κ1) is 11.2. The van der Waals surface area contributed by atoms with Crippen LogP contribution in [-0.4, -0.2) is 29.7 Å². The normalized spacial score (nSPS) is 17.9. The molecule has 92 valence electrons. The smallest absolute Gasteiger partial charge is 0.167 e. The molecule has 1 fully saturated rings. The Bertz CT molecular complexity index is 576. The summed E-state index contributed by atoms with van der Waals surface area (Å²) in [6, 6.07) is 10.2. The first-order valence-electron chi connectivity index (χ1n) is 6.32. The van der Waals surface area contributed by atoms with Crippen molar-refractivity contribution in [1.29, 1.82) is 5.26 Å². The highest BCUT2D eigenvalue weighted by Crippen LogP contribution is 2.32. The third kappa shape index (κ3) is 1.98. The SMILES string of the molecule is N#CCN1CCC(c2noc3ccccc23)CC1. The van der Waals surface area contributed by atoms with Gasteiger partial charge in [-0.25, -0.2) is 0 Å². The number of fused-ring (bicyclic) bond motifs is 1. The molecule has 1 aromatic carbocycles. The van der Waals surface area contributed by atoms with Crippen LogP contribution in [0.2, 0.25) is 0 Å². The van der Waals surface area contributed by atoms with Crippen LogP contribution in [0.4, 0.5) is 0 Å². The molecule has 2 heterocycles. The van der Waals surface area contributed by atoms with Crippen molar-refractivity contribution in [2.75, 3.05) is 19.6 Å². The monoisotopic (exact) mass is 241 g/mol. The molecule has 1 aliphatic rings. The number of nitrogens with zero attached hydrogens (tertiary/aromatic N) is 3. The molecule has 4 nitrogen and oxygen atoms in total. The number of aromatic nitrogens is 1. The minimum atomic E-state index is 0.462. The fourth-order valence-electron chi connectivity index (χ4n) is 2.66. The van der Waals surface area contributed by atoms with Crippen LogP contribution in [0.1, 0.15) is 24.5 Å². The summed E-state index contributed by atoms with van der Waals surface area (Å²) in [5.41, 5.74) is 1.95. The van der Waals surface area contributed by atoms with E-state index < -0.39 is 0 Å². The van der Waals surface area contributed by atoms with E-state index in [-0.39, 0.29) is 0 Å². The Morgan fingerprint density at radius 1 is 1.33 bits per heavy atom. The largest absolute Gasteiger partial charge is 0.356 e. The van der Waals surface area contributed by atoms with Crippen molar-refractivity contribution < 1.29 is 4.52 Å². The van der Waals surface area contributed by atoms with Gasteiger partial charge in [-0.1, -0.05) is 17.3 Å². The number of nitriles is 1. The third-order valence-corrected chi connectivity index (χ3v) is 3.67. The molecular weight excluding hydrogens is 226 g/mol. The molecule has 0 amide bonds. The van der Waals surface area contributed by atoms with Gasteiger partial charge in [0, 0.05) is 11.3 Å². The van der Waals surface area contributed by atoms with Crippen molar-refractivity contribution in [3.63, 3.8) is 0 Å². The van der Waals surface area contributed by atoms with Gasteiger partial charge >= 0.3 is 0 Å². The minimum Gasteiger partial charge on any atom is -0.356 e. The Morgan fingerprint density at radius 2 is 2.11 bits per heavy atom. The zero-order valence-electron chi connectivity index (χ0n) is 10.2. The molecular formula is C14H15N3O. The molecule has 1 saturated heterocycles. The van der Waals surface area contributed by atoms with Gasteiger partial charge in [0.2, 0.25) is 0 Å². The average Bonchev–Trinajstić information content (AvgIpc) is 2.84. The number of para-hydroxylation sites is 1. The van der Waals surface area contributed by atoms with Crippen molar-refractivity contribution in [2.45, 2.75) is 18.8 Å². The fourth-order valence-corrected chi connectivity index (χ4v) is 2.66. The van der Waals surface area contributed by atoms with E-state index in [1.54, 1.807) is 0 Å². The van der Waals surface area contributed by atoms with E-state index >= 15 is 0 Å². The molecule has 18 heavy (non-hydrogen) atoms. The van der Waals surface area contributed by atoms with Crippen LogP contribution in [0.25, 0.3) is 11.0 Å². The Labute approximate surface area is 106 Å². The maximum atomic E-state index is 8.69. The van der Waals surface area contributed by atoms with Crippen LogP contribution in [0.15, 0.2) is 28.8 Å². The molecule has 0 N–H and O–H groups in total. The molecule has 2 aromatic rings. The highest BCUT2D eigenvalue weighted by Gasteiger charge is 2.24. The van der Waals surface area contributed by atoms with Gasteiger partial charge in [-0.05, 0) is 38.1 Å².